The zero-order valence-corrected chi connectivity index (χ0v) is 17.1. The number of pyridine rings is 2. The van der Waals surface area contributed by atoms with Gasteiger partial charge in [-0.15, -0.1) is 0 Å². The molecule has 0 fully saturated rings. The fourth-order valence-electron chi connectivity index (χ4n) is 4.68. The minimum Gasteiger partial charge on any atom is -0.256 e. The van der Waals surface area contributed by atoms with Gasteiger partial charge in [-0.25, -0.2) is 0 Å². The van der Waals surface area contributed by atoms with E-state index in [1.807, 2.05) is 51.4 Å². The van der Waals surface area contributed by atoms with E-state index in [1.165, 1.54) is 5.56 Å². The van der Waals surface area contributed by atoms with Crippen molar-refractivity contribution in [2.75, 3.05) is 0 Å². The number of fused-ring (bicyclic) bond motifs is 4. The molecular formula is C26H26N2. The van der Waals surface area contributed by atoms with Crippen molar-refractivity contribution in [2.24, 2.45) is 5.41 Å². The molecule has 0 N–H and O–H groups in total. The monoisotopic (exact) mass is 368 g/mol. The zero-order valence-electron chi connectivity index (χ0n) is 19.1. The third-order valence-electron chi connectivity index (χ3n) is 5.72. The van der Waals surface area contributed by atoms with E-state index in [4.69, 9.17) is 7.73 Å². The maximum atomic E-state index is 8.88. The molecule has 2 aromatic heterocycles. The molecule has 0 atom stereocenters. The van der Waals surface area contributed by atoms with Crippen molar-refractivity contribution >= 4 is 21.7 Å². The molecular weight excluding hydrogens is 340 g/mol. The molecule has 28 heavy (non-hydrogen) atoms. The van der Waals surface area contributed by atoms with Crippen molar-refractivity contribution in [1.29, 1.82) is 0 Å². The summed E-state index contributed by atoms with van der Waals surface area (Å²) in [7, 11) is 0. The number of aromatic nitrogens is 2. The van der Waals surface area contributed by atoms with Crippen molar-refractivity contribution in [1.82, 2.24) is 9.97 Å². The van der Waals surface area contributed by atoms with Gasteiger partial charge in [-0.2, -0.15) is 0 Å². The van der Waals surface area contributed by atoms with Crippen molar-refractivity contribution in [3.05, 3.63) is 71.5 Å². The molecule has 1 aliphatic carbocycles. The van der Waals surface area contributed by atoms with Crippen LogP contribution in [-0.2, 0) is 11.8 Å². The summed E-state index contributed by atoms with van der Waals surface area (Å²) in [5, 5.41) is 3.31. The molecule has 0 amide bonds. The van der Waals surface area contributed by atoms with Crippen LogP contribution in [0.4, 0.5) is 0 Å². The summed E-state index contributed by atoms with van der Waals surface area (Å²) in [6.07, 6.45) is 2.21. The minimum atomic E-state index is -1.46. The van der Waals surface area contributed by atoms with Crippen molar-refractivity contribution < 1.29 is 2.74 Å². The Bertz CT molecular complexity index is 1330. The van der Waals surface area contributed by atoms with Gasteiger partial charge in [0.25, 0.3) is 0 Å². The van der Waals surface area contributed by atoms with Gasteiger partial charge < -0.3 is 0 Å². The van der Waals surface area contributed by atoms with Crippen molar-refractivity contribution in [2.45, 2.75) is 46.4 Å². The van der Waals surface area contributed by atoms with Crippen LogP contribution < -0.4 is 0 Å². The third kappa shape index (κ3) is 2.47. The van der Waals surface area contributed by atoms with Gasteiger partial charge in [0.1, 0.15) is 0 Å². The highest BCUT2D eigenvalue weighted by Gasteiger charge is 2.36. The summed E-state index contributed by atoms with van der Waals surface area (Å²) in [6.45, 7) is 10.3. The van der Waals surface area contributed by atoms with Crippen molar-refractivity contribution in [3.8, 4) is 11.3 Å². The van der Waals surface area contributed by atoms with Gasteiger partial charge in [0, 0.05) is 36.9 Å². The van der Waals surface area contributed by atoms with Crippen LogP contribution in [0, 0.1) is 5.41 Å². The van der Waals surface area contributed by atoms with Crippen LogP contribution in [-0.4, -0.2) is 9.97 Å². The smallest absolute Gasteiger partial charge is 0.0786 e. The normalized spacial score (nSPS) is 16.6. The predicted octanol–water partition coefficient (Wildman–Crippen LogP) is 6.68. The van der Waals surface area contributed by atoms with E-state index in [-0.39, 0.29) is 5.41 Å². The van der Waals surface area contributed by atoms with Crippen LogP contribution in [0.25, 0.3) is 32.9 Å². The Labute approximate surface area is 169 Å². The van der Waals surface area contributed by atoms with Gasteiger partial charge in [0.05, 0.1) is 11.2 Å². The highest BCUT2D eigenvalue weighted by Crippen LogP contribution is 2.50. The average molecular weight is 369 g/mol. The van der Waals surface area contributed by atoms with Crippen LogP contribution in [0.1, 0.15) is 54.1 Å². The topological polar surface area (TPSA) is 25.8 Å². The van der Waals surface area contributed by atoms with Gasteiger partial charge in [-0.3, -0.25) is 9.97 Å². The molecule has 2 heterocycles. The second-order valence-electron chi connectivity index (χ2n) is 9.34. The molecule has 0 bridgehead atoms. The molecule has 2 heteroatoms. The lowest BCUT2D eigenvalue weighted by atomic mass is 9.67. The van der Waals surface area contributed by atoms with E-state index in [2.05, 4.69) is 43.1 Å². The molecule has 2 aromatic carbocycles. The zero-order chi connectivity index (χ0) is 21.5. The molecule has 0 radical (unpaired) electrons. The molecule has 5 rings (SSSR count). The highest BCUT2D eigenvalue weighted by atomic mass is 14.7. The second kappa shape index (κ2) is 5.64. The Morgan fingerprint density at radius 1 is 1.00 bits per heavy atom. The SMILES string of the molecule is [2H]C([2H])(c1cc2c3c(nccc3c1)-c1ccc3ncccc3c1C2(C)C)C(C)(C)C. The maximum Gasteiger partial charge on any atom is 0.0786 e. The van der Waals surface area contributed by atoms with Crippen LogP contribution >= 0.6 is 0 Å². The van der Waals surface area contributed by atoms with Crippen LogP contribution in [0.3, 0.4) is 0 Å². The Morgan fingerprint density at radius 3 is 2.61 bits per heavy atom. The Balaban J connectivity index is 1.93. The first-order chi connectivity index (χ1) is 14.0. The second-order valence-corrected chi connectivity index (χ2v) is 9.34. The number of nitrogens with zero attached hydrogens (tertiary/aromatic N) is 2. The van der Waals surface area contributed by atoms with Gasteiger partial charge >= 0.3 is 0 Å². The van der Waals surface area contributed by atoms with Crippen LogP contribution in [0.5, 0.6) is 0 Å². The summed E-state index contributed by atoms with van der Waals surface area (Å²) in [5.41, 5.74) is 5.35. The number of hydrogen-bond donors (Lipinski definition) is 0. The summed E-state index contributed by atoms with van der Waals surface area (Å²) in [5.74, 6) is 0. The predicted molar refractivity (Wildman–Crippen MR) is 118 cm³/mol. The quantitative estimate of drug-likeness (QED) is 0.374. The number of benzene rings is 2. The molecule has 0 aliphatic heterocycles. The van der Waals surface area contributed by atoms with E-state index >= 15 is 0 Å². The summed E-state index contributed by atoms with van der Waals surface area (Å²) in [4.78, 5) is 9.35. The number of rotatable bonds is 1. The van der Waals surface area contributed by atoms with E-state index in [0.717, 1.165) is 44.1 Å². The molecule has 0 saturated heterocycles. The molecule has 140 valence electrons. The van der Waals surface area contributed by atoms with Crippen LogP contribution in [0.2, 0.25) is 0 Å². The average Bonchev–Trinajstić information content (AvgIpc) is 2.70. The molecule has 2 nitrogen and oxygen atoms in total. The molecule has 0 spiro atoms. The summed E-state index contributed by atoms with van der Waals surface area (Å²) in [6, 6.07) is 14.4. The van der Waals surface area contributed by atoms with Gasteiger partial charge in [-0.1, -0.05) is 58.9 Å². The van der Waals surface area contributed by atoms with Gasteiger partial charge in [0.15, 0.2) is 0 Å². The lowest BCUT2D eigenvalue weighted by molar-refractivity contribution is 0.411. The minimum absolute atomic E-state index is 0.309. The van der Waals surface area contributed by atoms with Gasteiger partial charge in [-0.05, 0) is 52.1 Å². The van der Waals surface area contributed by atoms with E-state index in [9.17, 15) is 0 Å². The first kappa shape index (κ1) is 15.2. The van der Waals surface area contributed by atoms with Crippen molar-refractivity contribution in [3.63, 3.8) is 0 Å². The lowest BCUT2D eigenvalue weighted by Crippen LogP contribution is -2.25. The largest absolute Gasteiger partial charge is 0.256 e. The molecule has 4 aromatic rings. The Morgan fingerprint density at radius 2 is 1.82 bits per heavy atom. The summed E-state index contributed by atoms with van der Waals surface area (Å²) < 4.78 is 17.8. The maximum absolute atomic E-state index is 8.88. The highest BCUT2D eigenvalue weighted by molar-refractivity contribution is 6.05. The van der Waals surface area contributed by atoms with Crippen LogP contribution in [0.15, 0.2) is 54.9 Å². The third-order valence-corrected chi connectivity index (χ3v) is 5.72. The molecule has 0 saturated carbocycles. The molecule has 0 unspecified atom stereocenters. The summed E-state index contributed by atoms with van der Waals surface area (Å²) >= 11 is 0. The van der Waals surface area contributed by atoms with E-state index < -0.39 is 11.8 Å². The fraction of sp³-hybridized carbons (Fsp3) is 0.308. The fourth-order valence-corrected chi connectivity index (χ4v) is 4.68. The Hall–Kier alpha value is -2.74. The van der Waals surface area contributed by atoms with E-state index in [1.54, 1.807) is 0 Å². The number of hydrogen-bond acceptors (Lipinski definition) is 2. The lowest BCUT2D eigenvalue weighted by Gasteiger charge is -2.36. The first-order valence-corrected chi connectivity index (χ1v) is 9.86. The standard InChI is InChI=1S/C26H26N2/c1-25(2,3)15-16-13-17-10-12-28-24-19-8-9-21-18(7-6-11-27-21)23(19)26(4,5)20(14-16)22(17)24/h6-14H,15H2,1-5H3/i15D2. The van der Waals surface area contributed by atoms with E-state index in [0.29, 0.717) is 0 Å². The first-order valence-electron chi connectivity index (χ1n) is 10.9. The molecule has 1 aliphatic rings. The Kier molecular flexibility index (Phi) is 3.06. The van der Waals surface area contributed by atoms with Gasteiger partial charge in [0.2, 0.25) is 0 Å².